The van der Waals surface area contributed by atoms with Crippen LogP contribution in [0.1, 0.15) is 0 Å². The van der Waals surface area contributed by atoms with Crippen LogP contribution in [0.25, 0.3) is 0 Å². The molecule has 116 valence electrons. The number of nitrogens with one attached hydrogen (secondary N) is 3. The van der Waals surface area contributed by atoms with Crippen LogP contribution in [0.15, 0.2) is 42.6 Å². The first-order valence-corrected chi connectivity index (χ1v) is 6.45. The Bertz CT molecular complexity index is 601. The van der Waals surface area contributed by atoms with Gasteiger partial charge in [-0.25, -0.2) is 9.86 Å². The topological polar surface area (TPSA) is 91.9 Å². The predicted molar refractivity (Wildman–Crippen MR) is 80.9 cm³/mol. The minimum atomic E-state index is -0.617. The summed E-state index contributed by atoms with van der Waals surface area (Å²) in [7, 11) is 1.48. The van der Waals surface area contributed by atoms with Crippen LogP contribution in [-0.2, 0) is 9.63 Å². The van der Waals surface area contributed by atoms with E-state index < -0.39 is 6.09 Å². The lowest BCUT2D eigenvalue weighted by Gasteiger charge is -2.19. The second kappa shape index (κ2) is 7.58. The largest absolute Gasteiger partial charge is 0.494 e. The van der Waals surface area contributed by atoms with Crippen LogP contribution in [0.2, 0.25) is 0 Å². The first-order valence-electron chi connectivity index (χ1n) is 6.45. The van der Waals surface area contributed by atoms with Gasteiger partial charge in [-0.15, -0.1) is 0 Å². The Morgan fingerprint density at radius 3 is 2.91 bits per heavy atom. The number of amides is 2. The van der Waals surface area contributed by atoms with Crippen molar-refractivity contribution in [3.8, 4) is 5.75 Å². The molecule has 2 amide bonds. The molecule has 1 aliphatic heterocycles. The van der Waals surface area contributed by atoms with Gasteiger partial charge < -0.3 is 9.57 Å². The van der Waals surface area contributed by atoms with Crippen LogP contribution in [0.4, 0.5) is 16.2 Å². The van der Waals surface area contributed by atoms with Crippen LogP contribution in [0.3, 0.4) is 0 Å². The molecule has 0 saturated heterocycles. The number of ether oxygens (including phenoxy) is 1. The van der Waals surface area contributed by atoms with Crippen LogP contribution < -0.4 is 20.9 Å². The molecule has 22 heavy (non-hydrogen) atoms. The summed E-state index contributed by atoms with van der Waals surface area (Å²) >= 11 is 0. The van der Waals surface area contributed by atoms with E-state index in [1.807, 2.05) is 12.2 Å². The maximum Gasteiger partial charge on any atom is 0.436 e. The number of hydrogen-bond donors (Lipinski definition) is 3. The van der Waals surface area contributed by atoms with Crippen LogP contribution >= 0.6 is 0 Å². The molecule has 0 bridgehead atoms. The van der Waals surface area contributed by atoms with E-state index in [2.05, 4.69) is 16.2 Å². The third-order valence-corrected chi connectivity index (χ3v) is 2.70. The molecule has 0 spiro atoms. The van der Waals surface area contributed by atoms with Crippen molar-refractivity contribution in [1.29, 1.82) is 0 Å². The van der Waals surface area contributed by atoms with Gasteiger partial charge in [-0.05, 0) is 18.2 Å². The molecule has 1 aliphatic rings. The number of allylic oxidation sites excluding steroid dienone is 2. The van der Waals surface area contributed by atoms with Crippen LogP contribution in [0, 0.1) is 0 Å². The third-order valence-electron chi connectivity index (χ3n) is 2.70. The van der Waals surface area contributed by atoms with E-state index in [1.54, 1.807) is 30.5 Å². The van der Waals surface area contributed by atoms with E-state index in [-0.39, 0.29) is 0 Å². The Morgan fingerprint density at radius 2 is 2.23 bits per heavy atom. The number of rotatable bonds is 6. The second-order valence-corrected chi connectivity index (χ2v) is 4.18. The molecule has 1 aromatic carbocycles. The van der Waals surface area contributed by atoms with Gasteiger partial charge >= 0.3 is 6.09 Å². The monoisotopic (exact) mass is 304 g/mol. The summed E-state index contributed by atoms with van der Waals surface area (Å²) in [6, 6.07) is 4.89. The van der Waals surface area contributed by atoms with E-state index in [1.165, 1.54) is 12.2 Å². The summed E-state index contributed by atoms with van der Waals surface area (Å²) in [5, 5.41) is 3.99. The normalized spacial score (nSPS) is 12.5. The number of hydroxylamine groups is 2. The molecular formula is C14H16N4O4. The number of nitrogens with zero attached hydrogens (tertiary/aromatic N) is 1. The van der Waals surface area contributed by atoms with Crippen molar-refractivity contribution < 1.29 is 19.2 Å². The zero-order valence-electron chi connectivity index (χ0n) is 11.9. The molecule has 1 heterocycles. The highest BCUT2D eigenvalue weighted by Crippen LogP contribution is 2.27. The van der Waals surface area contributed by atoms with Crippen LogP contribution in [-0.4, -0.2) is 31.2 Å². The van der Waals surface area contributed by atoms with Gasteiger partial charge in [-0.2, -0.15) is 0 Å². The first kappa shape index (κ1) is 15.2. The molecule has 8 nitrogen and oxygen atoms in total. The van der Waals surface area contributed by atoms with Crippen molar-refractivity contribution in [2.24, 2.45) is 0 Å². The average Bonchev–Trinajstić information content (AvgIpc) is 2.54. The molecule has 0 radical (unpaired) electrons. The molecule has 0 fully saturated rings. The average molecular weight is 304 g/mol. The standard InChI is InChI=1S/C14H16N4O4/c1-21-13-9-11(5-6-12(13)17-15-10-19)16-14(20)22-18-7-3-2-4-8-18/h2-7,9-10,17H,8H2,1H3,(H,15,19)(H,16,20). The van der Waals surface area contributed by atoms with Gasteiger partial charge in [0.25, 0.3) is 0 Å². The number of anilines is 2. The SMILES string of the molecule is COc1cc(NC(=O)ON2C=CC=CC2)ccc1NNC=O. The zero-order chi connectivity index (χ0) is 15.8. The summed E-state index contributed by atoms with van der Waals surface area (Å²) in [6.07, 6.45) is 7.02. The molecule has 0 aromatic heterocycles. The summed E-state index contributed by atoms with van der Waals surface area (Å²) in [5.74, 6) is 0.452. The van der Waals surface area contributed by atoms with E-state index in [0.717, 1.165) is 0 Å². The maximum absolute atomic E-state index is 11.8. The van der Waals surface area contributed by atoms with Gasteiger partial charge in [0.15, 0.2) is 0 Å². The molecule has 0 atom stereocenters. The van der Waals surface area contributed by atoms with E-state index in [9.17, 15) is 9.59 Å². The molecule has 1 aromatic rings. The molecule has 0 aliphatic carbocycles. The molecular weight excluding hydrogens is 288 g/mol. The number of carbonyl (C=O) groups excluding carboxylic acids is 2. The lowest BCUT2D eigenvalue weighted by Crippen LogP contribution is -2.26. The number of methoxy groups -OCH3 is 1. The lowest BCUT2D eigenvalue weighted by atomic mass is 10.2. The van der Waals surface area contributed by atoms with Gasteiger partial charge in [0.1, 0.15) is 5.75 Å². The molecule has 0 saturated carbocycles. The minimum absolute atomic E-state index is 0.452. The van der Waals surface area contributed by atoms with Crippen molar-refractivity contribution >= 4 is 23.9 Å². The maximum atomic E-state index is 11.8. The number of hydrazine groups is 1. The lowest BCUT2D eigenvalue weighted by molar-refractivity contribution is -0.109. The van der Waals surface area contributed by atoms with Crippen molar-refractivity contribution in [2.75, 3.05) is 24.4 Å². The number of benzene rings is 1. The van der Waals surface area contributed by atoms with Crippen molar-refractivity contribution in [1.82, 2.24) is 10.5 Å². The fourth-order valence-electron chi connectivity index (χ4n) is 1.74. The Morgan fingerprint density at radius 1 is 1.36 bits per heavy atom. The van der Waals surface area contributed by atoms with Crippen molar-refractivity contribution in [3.05, 3.63) is 42.6 Å². The Kier molecular flexibility index (Phi) is 5.25. The third kappa shape index (κ3) is 4.17. The van der Waals surface area contributed by atoms with Crippen molar-refractivity contribution in [2.45, 2.75) is 0 Å². The first-order chi connectivity index (χ1) is 10.7. The summed E-state index contributed by atoms with van der Waals surface area (Å²) in [6.45, 7) is 0.494. The van der Waals surface area contributed by atoms with Crippen LogP contribution in [0.5, 0.6) is 5.75 Å². The van der Waals surface area contributed by atoms with E-state index >= 15 is 0 Å². The molecule has 3 N–H and O–H groups in total. The number of carbonyl (C=O) groups is 2. The molecule has 0 unspecified atom stereocenters. The smallest absolute Gasteiger partial charge is 0.436 e. The molecule has 8 heteroatoms. The Labute approximate surface area is 127 Å². The summed E-state index contributed by atoms with van der Waals surface area (Å²) in [4.78, 5) is 27.2. The zero-order valence-corrected chi connectivity index (χ0v) is 11.9. The highest BCUT2D eigenvalue weighted by molar-refractivity contribution is 5.85. The fourth-order valence-corrected chi connectivity index (χ4v) is 1.74. The second-order valence-electron chi connectivity index (χ2n) is 4.18. The summed E-state index contributed by atoms with van der Waals surface area (Å²) in [5.41, 5.74) is 6.01. The highest BCUT2D eigenvalue weighted by Gasteiger charge is 2.11. The fraction of sp³-hybridized carbons (Fsp3) is 0.143. The summed E-state index contributed by atoms with van der Waals surface area (Å²) < 4.78 is 5.17. The Hall–Kier alpha value is -3.16. The predicted octanol–water partition coefficient (Wildman–Crippen LogP) is 1.62. The van der Waals surface area contributed by atoms with Gasteiger partial charge in [0.2, 0.25) is 6.41 Å². The van der Waals surface area contributed by atoms with Gasteiger partial charge in [0, 0.05) is 18.0 Å². The van der Waals surface area contributed by atoms with Gasteiger partial charge in [-0.3, -0.25) is 21.0 Å². The van der Waals surface area contributed by atoms with E-state index in [4.69, 9.17) is 9.57 Å². The number of hydrogen-bond acceptors (Lipinski definition) is 6. The van der Waals surface area contributed by atoms with E-state index in [0.29, 0.717) is 30.1 Å². The van der Waals surface area contributed by atoms with Crippen molar-refractivity contribution in [3.63, 3.8) is 0 Å². The quantitative estimate of drug-likeness (QED) is 0.546. The highest BCUT2D eigenvalue weighted by atomic mass is 16.7. The Balaban J connectivity index is 1.96. The van der Waals surface area contributed by atoms with Gasteiger partial charge in [-0.1, -0.05) is 12.2 Å². The van der Waals surface area contributed by atoms with Gasteiger partial charge in [0.05, 0.1) is 19.3 Å². The molecule has 2 rings (SSSR count). The minimum Gasteiger partial charge on any atom is -0.494 e.